The molecular formula is C21H26N2O2S. The molecule has 26 heavy (non-hydrogen) atoms. The maximum absolute atomic E-state index is 13.0. The Morgan fingerprint density at radius 2 is 2.00 bits per heavy atom. The van der Waals surface area contributed by atoms with Gasteiger partial charge in [0.2, 0.25) is 0 Å². The second-order valence-electron chi connectivity index (χ2n) is 7.97. The lowest BCUT2D eigenvalue weighted by Gasteiger charge is -2.39. The molecule has 4 nitrogen and oxygen atoms in total. The average Bonchev–Trinajstić information content (AvgIpc) is 3.15. The van der Waals surface area contributed by atoms with E-state index in [2.05, 4.69) is 26.1 Å². The summed E-state index contributed by atoms with van der Waals surface area (Å²) in [6.45, 7) is 8.33. The van der Waals surface area contributed by atoms with Gasteiger partial charge in [-0.3, -0.25) is 9.59 Å². The van der Waals surface area contributed by atoms with Crippen molar-refractivity contribution in [1.82, 2.24) is 4.90 Å². The number of thiophene rings is 1. The predicted octanol–water partition coefficient (Wildman–Crippen LogP) is 4.90. The summed E-state index contributed by atoms with van der Waals surface area (Å²) in [4.78, 5) is 27.8. The number of rotatable bonds is 3. The molecule has 1 N–H and O–H groups in total. The van der Waals surface area contributed by atoms with Gasteiger partial charge in [-0.1, -0.05) is 32.9 Å². The quantitative estimate of drug-likeness (QED) is 0.835. The standard InChI is InChI=1S/C21H26N2O2S/c1-21(2,3)16-8-5-11-23(14-16)20(25)15-7-4-9-17(13-15)22-19(24)18-10-6-12-26-18/h4,6-7,9-10,12-13,16H,5,8,11,14H2,1-3H3,(H,22,24)/t16-/m1/s1. The van der Waals surface area contributed by atoms with Crippen LogP contribution in [-0.4, -0.2) is 29.8 Å². The molecule has 1 saturated heterocycles. The minimum atomic E-state index is -0.143. The van der Waals surface area contributed by atoms with E-state index in [1.165, 1.54) is 17.8 Å². The highest BCUT2D eigenvalue weighted by Gasteiger charge is 2.31. The lowest BCUT2D eigenvalue weighted by molar-refractivity contribution is 0.0563. The Morgan fingerprint density at radius 1 is 1.19 bits per heavy atom. The molecule has 1 fully saturated rings. The van der Waals surface area contributed by atoms with Crippen LogP contribution < -0.4 is 5.32 Å². The molecule has 5 heteroatoms. The number of nitrogens with zero attached hydrogens (tertiary/aromatic N) is 1. The van der Waals surface area contributed by atoms with Gasteiger partial charge in [0.25, 0.3) is 11.8 Å². The molecule has 3 rings (SSSR count). The number of likely N-dealkylation sites (tertiary alicyclic amines) is 1. The summed E-state index contributed by atoms with van der Waals surface area (Å²) >= 11 is 1.40. The van der Waals surface area contributed by atoms with Crippen molar-refractivity contribution in [3.63, 3.8) is 0 Å². The molecule has 0 spiro atoms. The Morgan fingerprint density at radius 3 is 2.69 bits per heavy atom. The van der Waals surface area contributed by atoms with Crippen molar-refractivity contribution in [3.05, 3.63) is 52.2 Å². The van der Waals surface area contributed by atoms with Gasteiger partial charge in [0, 0.05) is 24.3 Å². The number of nitrogens with one attached hydrogen (secondary N) is 1. The number of carbonyl (C=O) groups excluding carboxylic acids is 2. The summed E-state index contributed by atoms with van der Waals surface area (Å²) in [5.74, 6) is 0.420. The first-order chi connectivity index (χ1) is 12.3. The van der Waals surface area contributed by atoms with Crippen molar-refractivity contribution >= 4 is 28.8 Å². The third kappa shape index (κ3) is 4.33. The first-order valence-electron chi connectivity index (χ1n) is 9.09. The zero-order chi connectivity index (χ0) is 18.7. The molecule has 2 amide bonds. The molecule has 1 aromatic heterocycles. The molecule has 0 saturated carbocycles. The van der Waals surface area contributed by atoms with Crippen LogP contribution in [0.1, 0.15) is 53.6 Å². The predicted molar refractivity (Wildman–Crippen MR) is 107 cm³/mol. The molecule has 2 heterocycles. The van der Waals surface area contributed by atoms with Crippen LogP contribution in [0.25, 0.3) is 0 Å². The summed E-state index contributed by atoms with van der Waals surface area (Å²) in [7, 11) is 0. The number of hydrogen-bond acceptors (Lipinski definition) is 3. The lowest BCUT2D eigenvalue weighted by Crippen LogP contribution is -2.43. The van der Waals surface area contributed by atoms with Gasteiger partial charge >= 0.3 is 0 Å². The van der Waals surface area contributed by atoms with Crippen LogP contribution in [0.4, 0.5) is 5.69 Å². The van der Waals surface area contributed by atoms with Crippen LogP contribution in [0.5, 0.6) is 0 Å². The van der Waals surface area contributed by atoms with E-state index in [0.29, 0.717) is 22.0 Å². The summed E-state index contributed by atoms with van der Waals surface area (Å²) < 4.78 is 0. The topological polar surface area (TPSA) is 49.4 Å². The summed E-state index contributed by atoms with van der Waals surface area (Å²) in [6, 6.07) is 10.9. The average molecular weight is 371 g/mol. The van der Waals surface area contributed by atoms with Gasteiger partial charge in [-0.05, 0) is 53.8 Å². The molecule has 1 aliphatic rings. The van der Waals surface area contributed by atoms with Gasteiger partial charge in [-0.15, -0.1) is 11.3 Å². The maximum atomic E-state index is 13.0. The highest BCUT2D eigenvalue weighted by Crippen LogP contribution is 2.33. The fraction of sp³-hybridized carbons (Fsp3) is 0.429. The second kappa shape index (κ2) is 7.62. The normalized spacial score (nSPS) is 17.8. The van der Waals surface area contributed by atoms with E-state index in [-0.39, 0.29) is 17.2 Å². The van der Waals surface area contributed by atoms with Crippen LogP contribution in [-0.2, 0) is 0 Å². The Kier molecular flexibility index (Phi) is 5.47. The monoisotopic (exact) mass is 370 g/mol. The summed E-state index contributed by atoms with van der Waals surface area (Å²) in [5, 5.41) is 4.75. The number of piperidine rings is 1. The van der Waals surface area contributed by atoms with E-state index in [1.54, 1.807) is 12.1 Å². The highest BCUT2D eigenvalue weighted by atomic mass is 32.1. The van der Waals surface area contributed by atoms with E-state index in [9.17, 15) is 9.59 Å². The van der Waals surface area contributed by atoms with Crippen molar-refractivity contribution in [2.45, 2.75) is 33.6 Å². The molecule has 0 bridgehead atoms. The van der Waals surface area contributed by atoms with Gasteiger partial charge in [0.15, 0.2) is 0 Å². The molecule has 1 aromatic carbocycles. The van der Waals surface area contributed by atoms with E-state index in [4.69, 9.17) is 0 Å². The van der Waals surface area contributed by atoms with Crippen molar-refractivity contribution < 1.29 is 9.59 Å². The van der Waals surface area contributed by atoms with Crippen LogP contribution in [0.2, 0.25) is 0 Å². The molecular weight excluding hydrogens is 344 g/mol. The Hall–Kier alpha value is -2.14. The first kappa shape index (κ1) is 18.6. The van der Waals surface area contributed by atoms with E-state index in [1.807, 2.05) is 34.5 Å². The van der Waals surface area contributed by atoms with Crippen molar-refractivity contribution in [2.24, 2.45) is 11.3 Å². The molecule has 0 unspecified atom stereocenters. The molecule has 0 aliphatic carbocycles. The Balaban J connectivity index is 1.71. The number of amides is 2. The van der Waals surface area contributed by atoms with Crippen LogP contribution in [0.3, 0.4) is 0 Å². The van der Waals surface area contributed by atoms with Crippen molar-refractivity contribution in [1.29, 1.82) is 0 Å². The van der Waals surface area contributed by atoms with Gasteiger partial charge in [-0.25, -0.2) is 0 Å². The van der Waals surface area contributed by atoms with Crippen LogP contribution in [0.15, 0.2) is 41.8 Å². The van der Waals surface area contributed by atoms with E-state index < -0.39 is 0 Å². The second-order valence-corrected chi connectivity index (χ2v) is 8.92. The summed E-state index contributed by atoms with van der Waals surface area (Å²) in [6.07, 6.45) is 2.21. The van der Waals surface area contributed by atoms with Gasteiger partial charge < -0.3 is 10.2 Å². The minimum absolute atomic E-state index is 0.0474. The van der Waals surface area contributed by atoms with E-state index in [0.717, 1.165) is 19.5 Å². The fourth-order valence-electron chi connectivity index (χ4n) is 3.38. The van der Waals surface area contributed by atoms with Crippen LogP contribution >= 0.6 is 11.3 Å². The smallest absolute Gasteiger partial charge is 0.265 e. The van der Waals surface area contributed by atoms with Crippen LogP contribution in [0, 0.1) is 11.3 Å². The molecule has 2 aromatic rings. The SMILES string of the molecule is CC(C)(C)[C@@H]1CCCN(C(=O)c2cccc(NC(=O)c3cccs3)c2)C1. The lowest BCUT2D eigenvalue weighted by atomic mass is 9.76. The van der Waals surface area contributed by atoms with E-state index >= 15 is 0 Å². The number of hydrogen-bond donors (Lipinski definition) is 1. The van der Waals surface area contributed by atoms with Gasteiger partial charge in [0.05, 0.1) is 4.88 Å². The molecule has 1 aliphatic heterocycles. The fourth-order valence-corrected chi connectivity index (χ4v) is 4.00. The third-order valence-electron chi connectivity index (χ3n) is 5.05. The number of carbonyl (C=O) groups is 2. The zero-order valence-electron chi connectivity index (χ0n) is 15.6. The Bertz CT molecular complexity index is 778. The molecule has 0 radical (unpaired) electrons. The van der Waals surface area contributed by atoms with Crippen molar-refractivity contribution in [2.75, 3.05) is 18.4 Å². The van der Waals surface area contributed by atoms with Gasteiger partial charge in [0.1, 0.15) is 0 Å². The molecule has 138 valence electrons. The molecule has 1 atom stereocenters. The summed E-state index contributed by atoms with van der Waals surface area (Å²) in [5.41, 5.74) is 1.48. The Labute approximate surface area is 159 Å². The zero-order valence-corrected chi connectivity index (χ0v) is 16.4. The van der Waals surface area contributed by atoms with Crippen molar-refractivity contribution in [3.8, 4) is 0 Å². The van der Waals surface area contributed by atoms with Gasteiger partial charge in [-0.2, -0.15) is 0 Å². The largest absolute Gasteiger partial charge is 0.338 e. The number of anilines is 1. The highest BCUT2D eigenvalue weighted by molar-refractivity contribution is 7.12. The minimum Gasteiger partial charge on any atom is -0.338 e. The first-order valence-corrected chi connectivity index (χ1v) is 9.97. The third-order valence-corrected chi connectivity index (χ3v) is 5.91. The number of benzene rings is 1. The maximum Gasteiger partial charge on any atom is 0.265 e.